The summed E-state index contributed by atoms with van der Waals surface area (Å²) in [5, 5.41) is 21.0. The molecule has 1 atom stereocenters. The van der Waals surface area contributed by atoms with Crippen molar-refractivity contribution >= 4 is 29.4 Å². The lowest BCUT2D eigenvalue weighted by atomic mass is 9.83. The van der Waals surface area contributed by atoms with Crippen molar-refractivity contribution in [1.82, 2.24) is 4.90 Å². The van der Waals surface area contributed by atoms with Gasteiger partial charge in [-0.1, -0.05) is 26.8 Å². The van der Waals surface area contributed by atoms with Crippen molar-refractivity contribution in [1.29, 1.82) is 0 Å². The Morgan fingerprint density at radius 1 is 1.26 bits per heavy atom. The summed E-state index contributed by atoms with van der Waals surface area (Å²) in [6, 6.07) is 1.03. The summed E-state index contributed by atoms with van der Waals surface area (Å²) in [5.41, 5.74) is 3.40. The third-order valence-electron chi connectivity index (χ3n) is 4.31. The van der Waals surface area contributed by atoms with Crippen LogP contribution in [0.25, 0.3) is 0 Å². The molecule has 0 saturated carbocycles. The maximum Gasteiger partial charge on any atom is 0.326 e. The van der Waals surface area contributed by atoms with Crippen LogP contribution in [0, 0.1) is 10.1 Å². The molecule has 144 valence electrons. The largest absolute Gasteiger partial charge is 0.480 e. The predicted molar refractivity (Wildman–Crippen MR) is 92.1 cm³/mol. The normalized spacial score (nSPS) is 14.9. The van der Waals surface area contributed by atoms with Gasteiger partial charge in [0.2, 0.25) is 5.91 Å². The molecule has 0 saturated heterocycles. The Balaban J connectivity index is 2.63. The van der Waals surface area contributed by atoms with Gasteiger partial charge in [-0.25, -0.2) is 4.79 Å². The second kappa shape index (κ2) is 6.78. The number of aliphatic carboxylic acids is 1. The fourth-order valence-corrected chi connectivity index (χ4v) is 3.05. The number of amides is 3. The van der Waals surface area contributed by atoms with Crippen LogP contribution in [-0.2, 0) is 15.0 Å². The maximum absolute atomic E-state index is 12.8. The number of imide groups is 1. The number of primary amides is 1. The van der Waals surface area contributed by atoms with Gasteiger partial charge < -0.3 is 10.8 Å². The first-order valence-electron chi connectivity index (χ1n) is 8.08. The fraction of sp³-hybridized carbons (Fsp3) is 0.412. The Bertz CT molecular complexity index is 870. The number of nitrogens with zero attached hydrogens (tertiary/aromatic N) is 2. The molecule has 10 heteroatoms. The number of carboxylic acid groups (broad SMARTS) is 1. The van der Waals surface area contributed by atoms with Crippen LogP contribution in [-0.4, -0.2) is 44.7 Å². The van der Waals surface area contributed by atoms with E-state index in [2.05, 4.69) is 0 Å². The lowest BCUT2D eigenvalue weighted by Crippen LogP contribution is -2.45. The summed E-state index contributed by atoms with van der Waals surface area (Å²) >= 11 is 0. The van der Waals surface area contributed by atoms with E-state index in [1.165, 1.54) is 12.1 Å². The van der Waals surface area contributed by atoms with Crippen LogP contribution in [0.1, 0.15) is 59.9 Å². The van der Waals surface area contributed by atoms with Crippen LogP contribution < -0.4 is 5.73 Å². The van der Waals surface area contributed by atoms with E-state index in [1.54, 1.807) is 20.8 Å². The van der Waals surface area contributed by atoms with E-state index >= 15 is 0 Å². The van der Waals surface area contributed by atoms with Gasteiger partial charge in [-0.2, -0.15) is 0 Å². The molecular weight excluding hydrogens is 358 g/mol. The third-order valence-corrected chi connectivity index (χ3v) is 4.31. The zero-order valence-corrected chi connectivity index (χ0v) is 15.0. The lowest BCUT2D eigenvalue weighted by molar-refractivity contribution is -0.386. The zero-order chi connectivity index (χ0) is 20.7. The SMILES string of the molecule is CC(C)(C)c1ccc2c(c1[N+](=O)[O-])C(=O)N(C(CCC(N)=O)C(=O)O)C2=O. The minimum atomic E-state index is -1.65. The highest BCUT2D eigenvalue weighted by molar-refractivity contribution is 6.24. The Labute approximate surface area is 154 Å². The first-order chi connectivity index (χ1) is 12.4. The Kier molecular flexibility index (Phi) is 5.03. The van der Waals surface area contributed by atoms with E-state index in [0.29, 0.717) is 4.90 Å². The van der Waals surface area contributed by atoms with E-state index in [0.717, 1.165) is 0 Å². The molecule has 27 heavy (non-hydrogen) atoms. The van der Waals surface area contributed by atoms with Crippen LogP contribution in [0.15, 0.2) is 12.1 Å². The second-order valence-corrected chi connectivity index (χ2v) is 7.23. The summed E-state index contributed by atoms with van der Waals surface area (Å²) in [6.07, 6.45) is -0.740. The highest BCUT2D eigenvalue weighted by Gasteiger charge is 2.48. The van der Waals surface area contributed by atoms with Crippen molar-refractivity contribution in [2.75, 3.05) is 0 Å². The number of hydrogen-bond acceptors (Lipinski definition) is 6. The molecule has 0 fully saturated rings. The molecule has 0 aromatic heterocycles. The molecule has 0 radical (unpaired) electrons. The number of carbonyl (C=O) groups is 4. The molecule has 1 aromatic rings. The van der Waals surface area contributed by atoms with Crippen molar-refractivity contribution in [3.05, 3.63) is 38.9 Å². The standard InChI is InChI=1S/C17H19N3O7/c1-17(2,3)9-5-4-8-12(13(9)20(26)27)15(23)19(14(8)22)10(16(24)25)6-7-11(18)21/h4-5,10H,6-7H2,1-3H3,(H2,18,21)(H,24,25). The predicted octanol–water partition coefficient (Wildman–Crippen LogP) is 1.21. The molecule has 1 aromatic carbocycles. The van der Waals surface area contributed by atoms with E-state index < -0.39 is 51.3 Å². The van der Waals surface area contributed by atoms with Gasteiger partial charge in [-0.15, -0.1) is 0 Å². The van der Waals surface area contributed by atoms with Gasteiger partial charge in [0.1, 0.15) is 11.6 Å². The van der Waals surface area contributed by atoms with Gasteiger partial charge in [-0.3, -0.25) is 29.4 Å². The average molecular weight is 377 g/mol. The molecule has 1 heterocycles. The maximum atomic E-state index is 12.8. The third kappa shape index (κ3) is 3.50. The summed E-state index contributed by atoms with van der Waals surface area (Å²) < 4.78 is 0. The number of nitro groups is 1. The molecule has 3 N–H and O–H groups in total. The summed E-state index contributed by atoms with van der Waals surface area (Å²) in [5.74, 6) is -4.32. The van der Waals surface area contributed by atoms with Crippen LogP contribution in [0.4, 0.5) is 5.69 Å². The number of carboxylic acids is 1. The lowest BCUT2D eigenvalue weighted by Gasteiger charge is -2.22. The highest BCUT2D eigenvalue weighted by atomic mass is 16.6. The number of benzene rings is 1. The van der Waals surface area contributed by atoms with Crippen molar-refractivity contribution in [3.63, 3.8) is 0 Å². The Morgan fingerprint density at radius 3 is 2.30 bits per heavy atom. The smallest absolute Gasteiger partial charge is 0.326 e. The quantitative estimate of drug-likeness (QED) is 0.428. The van der Waals surface area contributed by atoms with Gasteiger partial charge in [0.25, 0.3) is 17.5 Å². The number of hydrogen-bond donors (Lipinski definition) is 2. The van der Waals surface area contributed by atoms with E-state index in [4.69, 9.17) is 5.73 Å². The first-order valence-corrected chi connectivity index (χ1v) is 8.08. The molecule has 1 aliphatic heterocycles. The molecule has 0 bridgehead atoms. The van der Waals surface area contributed by atoms with Gasteiger partial charge in [0.05, 0.1) is 10.5 Å². The fourth-order valence-electron chi connectivity index (χ4n) is 3.05. The Hall–Kier alpha value is -3.30. The number of nitrogens with two attached hydrogens (primary N) is 1. The monoisotopic (exact) mass is 377 g/mol. The molecule has 2 rings (SSSR count). The zero-order valence-electron chi connectivity index (χ0n) is 15.0. The summed E-state index contributed by atoms with van der Waals surface area (Å²) in [6.45, 7) is 5.15. The van der Waals surface area contributed by atoms with Crippen LogP contribution in [0.2, 0.25) is 0 Å². The minimum Gasteiger partial charge on any atom is -0.480 e. The number of carbonyl (C=O) groups excluding carboxylic acids is 3. The summed E-state index contributed by atoms with van der Waals surface area (Å²) in [4.78, 5) is 59.3. The number of nitro benzene ring substituents is 1. The van der Waals surface area contributed by atoms with Gasteiger partial charge in [-0.05, 0) is 17.9 Å². The van der Waals surface area contributed by atoms with Crippen molar-refractivity contribution in [2.24, 2.45) is 5.73 Å². The highest BCUT2D eigenvalue weighted by Crippen LogP contribution is 2.40. The Morgan fingerprint density at radius 2 is 1.85 bits per heavy atom. The molecule has 10 nitrogen and oxygen atoms in total. The van der Waals surface area contributed by atoms with Crippen molar-refractivity contribution < 1.29 is 29.2 Å². The molecule has 3 amide bonds. The molecule has 0 aliphatic carbocycles. The van der Waals surface area contributed by atoms with Crippen LogP contribution in [0.5, 0.6) is 0 Å². The summed E-state index contributed by atoms with van der Waals surface area (Å²) in [7, 11) is 0. The van der Waals surface area contributed by atoms with Crippen LogP contribution in [0.3, 0.4) is 0 Å². The molecular formula is C17H19N3O7. The number of fused-ring (bicyclic) bond motifs is 1. The molecule has 0 spiro atoms. The van der Waals surface area contributed by atoms with Gasteiger partial charge in [0, 0.05) is 12.0 Å². The topological polar surface area (TPSA) is 161 Å². The molecule has 1 aliphatic rings. The van der Waals surface area contributed by atoms with Gasteiger partial charge in [0.15, 0.2) is 0 Å². The van der Waals surface area contributed by atoms with E-state index in [1.807, 2.05) is 0 Å². The second-order valence-electron chi connectivity index (χ2n) is 7.23. The minimum absolute atomic E-state index is 0.231. The van der Waals surface area contributed by atoms with Crippen molar-refractivity contribution in [3.8, 4) is 0 Å². The van der Waals surface area contributed by atoms with Crippen molar-refractivity contribution in [2.45, 2.75) is 45.1 Å². The van der Waals surface area contributed by atoms with E-state index in [9.17, 15) is 34.4 Å². The first kappa shape index (κ1) is 20.0. The van der Waals surface area contributed by atoms with E-state index in [-0.39, 0.29) is 24.0 Å². The number of rotatable bonds is 6. The molecule has 1 unspecified atom stereocenters. The van der Waals surface area contributed by atoms with Gasteiger partial charge >= 0.3 is 5.97 Å². The van der Waals surface area contributed by atoms with Crippen LogP contribution >= 0.6 is 0 Å². The average Bonchev–Trinajstić information content (AvgIpc) is 2.78.